The van der Waals surface area contributed by atoms with E-state index in [0.717, 1.165) is 27.9 Å². The number of hydrogen-bond acceptors (Lipinski definition) is 5. The van der Waals surface area contributed by atoms with Crippen LogP contribution in [0.25, 0.3) is 11.3 Å². The fraction of sp³-hybridized carbons (Fsp3) is 0.148. The molecule has 166 valence electrons. The first-order chi connectivity index (χ1) is 15.8. The Balaban J connectivity index is 1.72. The minimum atomic E-state index is -0.366. The molecular weight excluding hydrogens is 414 g/mol. The van der Waals surface area contributed by atoms with Crippen LogP contribution in [-0.4, -0.2) is 26.1 Å². The maximum absolute atomic E-state index is 13.5. The van der Waals surface area contributed by atoms with E-state index in [2.05, 4.69) is 9.97 Å². The van der Waals surface area contributed by atoms with E-state index >= 15 is 0 Å². The number of phenolic OH excluding ortho intramolecular Hbond substituents is 2. The minimum Gasteiger partial charge on any atom is -0.508 e. The highest BCUT2D eigenvalue weighted by atomic mass is 16.3. The number of aryl methyl sites for hydroxylation is 3. The highest BCUT2D eigenvalue weighted by molar-refractivity contribution is 6.08. The van der Waals surface area contributed by atoms with Crippen LogP contribution in [0.5, 0.6) is 11.5 Å². The molecule has 0 atom stereocenters. The molecule has 6 heteroatoms. The Bertz CT molecular complexity index is 1300. The van der Waals surface area contributed by atoms with Gasteiger partial charge < -0.3 is 15.1 Å². The Morgan fingerprint density at radius 3 is 2.27 bits per heavy atom. The number of anilines is 1. The lowest BCUT2D eigenvalue weighted by atomic mass is 10.1. The van der Waals surface area contributed by atoms with Gasteiger partial charge in [-0.2, -0.15) is 0 Å². The largest absolute Gasteiger partial charge is 0.508 e. The Morgan fingerprint density at radius 2 is 1.61 bits per heavy atom. The van der Waals surface area contributed by atoms with Gasteiger partial charge in [0.05, 0.1) is 17.8 Å². The summed E-state index contributed by atoms with van der Waals surface area (Å²) >= 11 is 0. The van der Waals surface area contributed by atoms with E-state index in [4.69, 9.17) is 0 Å². The van der Waals surface area contributed by atoms with Crippen LogP contribution >= 0.6 is 0 Å². The maximum atomic E-state index is 13.5. The van der Waals surface area contributed by atoms with E-state index in [1.807, 2.05) is 69.3 Å². The zero-order valence-electron chi connectivity index (χ0n) is 18.8. The molecule has 0 saturated carbocycles. The van der Waals surface area contributed by atoms with Crippen LogP contribution in [0.3, 0.4) is 0 Å². The molecule has 0 fully saturated rings. The van der Waals surface area contributed by atoms with Gasteiger partial charge in [-0.15, -0.1) is 0 Å². The summed E-state index contributed by atoms with van der Waals surface area (Å²) in [6.45, 7) is 6.15. The van der Waals surface area contributed by atoms with Crippen LogP contribution in [0.1, 0.15) is 32.9 Å². The summed E-state index contributed by atoms with van der Waals surface area (Å²) < 4.78 is 0. The number of rotatable bonds is 5. The molecule has 0 spiro atoms. The lowest BCUT2D eigenvalue weighted by Gasteiger charge is -2.24. The maximum Gasteiger partial charge on any atom is 0.262 e. The van der Waals surface area contributed by atoms with E-state index in [9.17, 15) is 15.0 Å². The van der Waals surface area contributed by atoms with Crippen LogP contribution in [0.2, 0.25) is 0 Å². The van der Waals surface area contributed by atoms with E-state index in [-0.39, 0.29) is 23.0 Å². The van der Waals surface area contributed by atoms with Crippen LogP contribution < -0.4 is 4.90 Å². The van der Waals surface area contributed by atoms with Gasteiger partial charge in [-0.3, -0.25) is 4.79 Å². The van der Waals surface area contributed by atoms with Crippen molar-refractivity contribution in [3.05, 3.63) is 101 Å². The predicted molar refractivity (Wildman–Crippen MR) is 128 cm³/mol. The normalized spacial score (nSPS) is 10.8. The fourth-order valence-corrected chi connectivity index (χ4v) is 3.62. The summed E-state index contributed by atoms with van der Waals surface area (Å²) in [7, 11) is 0. The number of carbonyl (C=O) groups excluding carboxylic acids is 1. The second kappa shape index (κ2) is 9.12. The van der Waals surface area contributed by atoms with E-state index < -0.39 is 0 Å². The molecule has 33 heavy (non-hydrogen) atoms. The molecular formula is C27H25N3O3. The number of carbonyl (C=O) groups is 1. The topological polar surface area (TPSA) is 86.6 Å². The minimum absolute atomic E-state index is 0.103. The molecule has 0 aliphatic rings. The molecule has 0 aliphatic carbocycles. The molecule has 6 nitrogen and oxygen atoms in total. The van der Waals surface area contributed by atoms with Crippen LogP contribution in [0.4, 0.5) is 5.69 Å². The van der Waals surface area contributed by atoms with E-state index in [1.165, 1.54) is 18.2 Å². The molecule has 2 N–H and O–H groups in total. The predicted octanol–water partition coefficient (Wildman–Crippen LogP) is 5.33. The third-order valence-electron chi connectivity index (χ3n) is 5.46. The van der Waals surface area contributed by atoms with Gasteiger partial charge in [0.15, 0.2) is 0 Å². The first-order valence-electron chi connectivity index (χ1n) is 10.6. The summed E-state index contributed by atoms with van der Waals surface area (Å²) in [5.74, 6) is -0.0415. The lowest BCUT2D eigenvalue weighted by Crippen LogP contribution is -2.30. The molecule has 1 aromatic heterocycles. The van der Waals surface area contributed by atoms with Gasteiger partial charge in [-0.05, 0) is 56.2 Å². The SMILES string of the molecule is Cc1ccc(CN(C(=O)c2ccc(O)cc2O)c2ccc(-c3nc(C)ncc3C)cc2)cc1. The molecule has 0 aliphatic heterocycles. The summed E-state index contributed by atoms with van der Waals surface area (Å²) in [6.07, 6.45) is 1.80. The standard InChI is InChI=1S/C27H25N3O3/c1-17-4-6-20(7-5-17)16-30(27(33)24-13-12-23(31)14-25(24)32)22-10-8-21(9-11-22)26-18(2)15-28-19(3)29-26/h4-15,31-32H,16H2,1-3H3. The molecule has 4 rings (SSSR count). The third kappa shape index (κ3) is 4.85. The van der Waals surface area contributed by atoms with Gasteiger partial charge in [-0.1, -0.05) is 42.0 Å². The van der Waals surface area contributed by atoms with Gasteiger partial charge in [0.2, 0.25) is 0 Å². The van der Waals surface area contributed by atoms with Gasteiger partial charge in [0.25, 0.3) is 5.91 Å². The van der Waals surface area contributed by atoms with Crippen molar-refractivity contribution in [2.24, 2.45) is 0 Å². The Morgan fingerprint density at radius 1 is 0.909 bits per heavy atom. The van der Waals surface area contributed by atoms with Gasteiger partial charge in [0, 0.05) is 23.5 Å². The number of nitrogens with zero attached hydrogens (tertiary/aromatic N) is 3. The first-order valence-corrected chi connectivity index (χ1v) is 10.6. The first kappa shape index (κ1) is 22.0. The summed E-state index contributed by atoms with van der Waals surface area (Å²) in [4.78, 5) is 23.9. The average molecular weight is 440 g/mol. The number of benzene rings is 3. The number of hydrogen-bond donors (Lipinski definition) is 2. The molecule has 4 aromatic rings. The van der Waals surface area contributed by atoms with Crippen LogP contribution in [0, 0.1) is 20.8 Å². The number of amides is 1. The molecule has 0 radical (unpaired) electrons. The average Bonchev–Trinajstić information content (AvgIpc) is 2.80. The molecule has 1 heterocycles. The summed E-state index contributed by atoms with van der Waals surface area (Å²) in [6, 6.07) is 19.5. The van der Waals surface area contributed by atoms with Crippen molar-refractivity contribution < 1.29 is 15.0 Å². The highest BCUT2D eigenvalue weighted by Crippen LogP contribution is 2.29. The zero-order chi connectivity index (χ0) is 23.5. The van der Waals surface area contributed by atoms with E-state index in [1.54, 1.807) is 11.1 Å². The van der Waals surface area contributed by atoms with Crippen molar-refractivity contribution in [2.75, 3.05) is 4.90 Å². The summed E-state index contributed by atoms with van der Waals surface area (Å²) in [5, 5.41) is 19.9. The molecule has 0 unspecified atom stereocenters. The number of aromatic nitrogens is 2. The lowest BCUT2D eigenvalue weighted by molar-refractivity contribution is 0.0982. The molecule has 0 bridgehead atoms. The Hall–Kier alpha value is -4.19. The number of phenols is 2. The summed E-state index contributed by atoms with van der Waals surface area (Å²) in [5.41, 5.74) is 5.63. The fourth-order valence-electron chi connectivity index (χ4n) is 3.62. The van der Waals surface area contributed by atoms with Crippen molar-refractivity contribution in [3.8, 4) is 22.8 Å². The van der Waals surface area contributed by atoms with Crippen molar-refractivity contribution >= 4 is 11.6 Å². The Labute approximate surface area is 192 Å². The van der Waals surface area contributed by atoms with Crippen LogP contribution in [-0.2, 0) is 6.54 Å². The Kier molecular flexibility index (Phi) is 6.09. The monoisotopic (exact) mass is 439 g/mol. The molecule has 0 saturated heterocycles. The van der Waals surface area contributed by atoms with Gasteiger partial charge in [0.1, 0.15) is 17.3 Å². The van der Waals surface area contributed by atoms with Crippen molar-refractivity contribution in [1.29, 1.82) is 0 Å². The van der Waals surface area contributed by atoms with Crippen molar-refractivity contribution in [1.82, 2.24) is 9.97 Å². The quantitative estimate of drug-likeness (QED) is 0.439. The number of aromatic hydroxyl groups is 2. The van der Waals surface area contributed by atoms with Gasteiger partial charge >= 0.3 is 0 Å². The van der Waals surface area contributed by atoms with Crippen molar-refractivity contribution in [2.45, 2.75) is 27.3 Å². The second-order valence-electron chi connectivity index (χ2n) is 8.07. The van der Waals surface area contributed by atoms with Crippen molar-refractivity contribution in [3.63, 3.8) is 0 Å². The third-order valence-corrected chi connectivity index (χ3v) is 5.46. The highest BCUT2D eigenvalue weighted by Gasteiger charge is 2.22. The zero-order valence-corrected chi connectivity index (χ0v) is 18.8. The van der Waals surface area contributed by atoms with Gasteiger partial charge in [-0.25, -0.2) is 9.97 Å². The molecule has 1 amide bonds. The van der Waals surface area contributed by atoms with E-state index in [0.29, 0.717) is 18.1 Å². The molecule has 3 aromatic carbocycles. The smallest absolute Gasteiger partial charge is 0.262 e. The second-order valence-corrected chi connectivity index (χ2v) is 8.07. The van der Waals surface area contributed by atoms with Crippen LogP contribution in [0.15, 0.2) is 72.9 Å².